The number of para-hydroxylation sites is 1. The van der Waals surface area contributed by atoms with E-state index in [0.717, 1.165) is 12.8 Å². The van der Waals surface area contributed by atoms with Crippen LogP contribution in [0.1, 0.15) is 39.0 Å². The zero-order valence-corrected chi connectivity index (χ0v) is 22.5. The maximum atomic E-state index is 12.7. The Morgan fingerprint density at radius 3 is 2.69 bits per heavy atom. The van der Waals surface area contributed by atoms with Crippen molar-refractivity contribution in [2.75, 3.05) is 20.3 Å². The number of carbonyl (C=O) groups is 1. The molecule has 7 nitrogen and oxygen atoms in total. The number of unbranched alkanes of at least 4 members (excludes halogenated alkanes) is 1. The fraction of sp³-hybridized carbons (Fsp3) is 0.407. The molecule has 1 fully saturated rings. The normalized spacial score (nSPS) is 19.2. The van der Waals surface area contributed by atoms with E-state index in [-0.39, 0.29) is 18.1 Å². The Morgan fingerprint density at radius 1 is 1.22 bits per heavy atom. The van der Waals surface area contributed by atoms with Gasteiger partial charge in [0.05, 0.1) is 45.7 Å². The summed E-state index contributed by atoms with van der Waals surface area (Å²) in [6.45, 7) is 2.59. The molecule has 4 rings (SSSR count). The predicted octanol–water partition coefficient (Wildman–Crippen LogP) is 6.70. The second-order valence-corrected chi connectivity index (χ2v) is 10.2. The standard InChI is InChI=1S/C27H28BrClO7/c1-3-4-10-27(26(31)32)14-16(15-27)34-11-12-35-25-19(28)9-8-18(24(25)33-2)22-13-21(30)17-6-5-7-20(29)23(17)36-22/h5-9,13,16H,3-4,10-12,14-15H2,1-2H3,(H,31,32). The van der Waals surface area contributed by atoms with Crippen LogP contribution in [0, 0.1) is 5.41 Å². The molecule has 0 spiro atoms. The van der Waals surface area contributed by atoms with Gasteiger partial charge in [-0.2, -0.15) is 0 Å². The second kappa shape index (κ2) is 11.2. The van der Waals surface area contributed by atoms with Gasteiger partial charge in [-0.1, -0.05) is 37.4 Å². The van der Waals surface area contributed by atoms with Crippen molar-refractivity contribution >= 4 is 44.5 Å². The first-order valence-electron chi connectivity index (χ1n) is 11.9. The maximum absolute atomic E-state index is 12.7. The highest BCUT2D eigenvalue weighted by Crippen LogP contribution is 2.47. The van der Waals surface area contributed by atoms with E-state index in [9.17, 15) is 14.7 Å². The lowest BCUT2D eigenvalue weighted by Crippen LogP contribution is -2.48. The zero-order valence-electron chi connectivity index (χ0n) is 20.1. The maximum Gasteiger partial charge on any atom is 0.309 e. The number of fused-ring (bicyclic) bond motifs is 1. The Hall–Kier alpha value is -2.55. The summed E-state index contributed by atoms with van der Waals surface area (Å²) >= 11 is 9.76. The van der Waals surface area contributed by atoms with Crippen molar-refractivity contribution in [1.82, 2.24) is 0 Å². The summed E-state index contributed by atoms with van der Waals surface area (Å²) < 4.78 is 24.1. The van der Waals surface area contributed by atoms with Crippen molar-refractivity contribution in [1.29, 1.82) is 0 Å². The topological polar surface area (TPSA) is 95.2 Å². The SMILES string of the molecule is CCCCC1(C(=O)O)CC(OCCOc2c(Br)ccc(-c3cc(=O)c4cccc(Cl)c4o3)c2OC)C1. The van der Waals surface area contributed by atoms with Gasteiger partial charge < -0.3 is 23.7 Å². The van der Waals surface area contributed by atoms with E-state index in [2.05, 4.69) is 22.9 Å². The molecule has 3 aromatic rings. The van der Waals surface area contributed by atoms with Gasteiger partial charge >= 0.3 is 5.97 Å². The second-order valence-electron chi connectivity index (χ2n) is 8.99. The first kappa shape index (κ1) is 26.5. The van der Waals surface area contributed by atoms with Gasteiger partial charge in [0.2, 0.25) is 0 Å². The highest BCUT2D eigenvalue weighted by Gasteiger charge is 2.50. The molecular formula is C27H28BrClO7. The molecule has 0 saturated heterocycles. The molecule has 9 heteroatoms. The number of ether oxygens (including phenoxy) is 3. The highest BCUT2D eigenvalue weighted by molar-refractivity contribution is 9.10. The number of hydrogen-bond donors (Lipinski definition) is 1. The van der Waals surface area contributed by atoms with Crippen molar-refractivity contribution in [3.05, 3.63) is 56.1 Å². The summed E-state index contributed by atoms with van der Waals surface area (Å²) in [6, 6.07) is 9.98. The molecule has 1 N–H and O–H groups in total. The Balaban J connectivity index is 1.46. The molecule has 0 unspecified atom stereocenters. The first-order valence-corrected chi connectivity index (χ1v) is 13.0. The fourth-order valence-corrected chi connectivity index (χ4v) is 5.27. The average Bonchev–Trinajstić information content (AvgIpc) is 2.83. The molecule has 1 aliphatic carbocycles. The molecule has 0 atom stereocenters. The minimum atomic E-state index is -0.737. The molecule has 1 saturated carbocycles. The summed E-state index contributed by atoms with van der Waals surface area (Å²) in [6.07, 6.45) is 3.51. The van der Waals surface area contributed by atoms with Gasteiger partial charge in [-0.15, -0.1) is 0 Å². The van der Waals surface area contributed by atoms with Gasteiger partial charge in [0.25, 0.3) is 0 Å². The Kier molecular flexibility index (Phi) is 8.27. The number of aliphatic carboxylic acids is 1. The summed E-state index contributed by atoms with van der Waals surface area (Å²) in [7, 11) is 1.51. The van der Waals surface area contributed by atoms with Gasteiger partial charge in [-0.3, -0.25) is 9.59 Å². The Bertz CT molecular complexity index is 1310. The van der Waals surface area contributed by atoms with Crippen LogP contribution in [0.5, 0.6) is 11.5 Å². The lowest BCUT2D eigenvalue weighted by atomic mass is 9.64. The number of carboxylic acids is 1. The van der Waals surface area contributed by atoms with Crippen molar-refractivity contribution in [2.24, 2.45) is 5.41 Å². The van der Waals surface area contributed by atoms with Crippen LogP contribution in [0.2, 0.25) is 5.02 Å². The Labute approximate surface area is 222 Å². The number of hydrogen-bond acceptors (Lipinski definition) is 6. The lowest BCUT2D eigenvalue weighted by Gasteiger charge is -2.44. The third-order valence-corrected chi connectivity index (χ3v) is 7.55. The third-order valence-electron chi connectivity index (χ3n) is 6.62. The van der Waals surface area contributed by atoms with E-state index in [4.69, 9.17) is 30.2 Å². The molecule has 0 aliphatic heterocycles. The minimum Gasteiger partial charge on any atom is -0.492 e. The molecular weight excluding hydrogens is 552 g/mol. The monoisotopic (exact) mass is 578 g/mol. The summed E-state index contributed by atoms with van der Waals surface area (Å²) in [4.78, 5) is 24.4. The van der Waals surface area contributed by atoms with Gasteiger partial charge in [0, 0.05) is 6.07 Å². The van der Waals surface area contributed by atoms with Crippen molar-refractivity contribution in [3.8, 4) is 22.8 Å². The van der Waals surface area contributed by atoms with Crippen LogP contribution < -0.4 is 14.9 Å². The van der Waals surface area contributed by atoms with Crippen LogP contribution in [-0.2, 0) is 9.53 Å². The molecule has 2 aromatic carbocycles. The molecule has 1 aliphatic rings. The molecule has 36 heavy (non-hydrogen) atoms. The smallest absolute Gasteiger partial charge is 0.309 e. The summed E-state index contributed by atoms with van der Waals surface area (Å²) in [5.41, 5.74) is -0.0306. The lowest BCUT2D eigenvalue weighted by molar-refractivity contribution is -0.169. The fourth-order valence-electron chi connectivity index (χ4n) is 4.63. The molecule has 0 amide bonds. The van der Waals surface area contributed by atoms with Crippen LogP contribution in [-0.4, -0.2) is 37.5 Å². The van der Waals surface area contributed by atoms with Crippen LogP contribution >= 0.6 is 27.5 Å². The summed E-state index contributed by atoms with van der Waals surface area (Å²) in [5, 5.41) is 10.4. The van der Waals surface area contributed by atoms with E-state index >= 15 is 0 Å². The van der Waals surface area contributed by atoms with E-state index in [0.29, 0.717) is 69.2 Å². The molecule has 192 valence electrons. The number of methoxy groups -OCH3 is 1. The van der Waals surface area contributed by atoms with Gasteiger partial charge in [-0.05, 0) is 59.5 Å². The molecule has 1 aromatic heterocycles. The van der Waals surface area contributed by atoms with E-state index in [1.165, 1.54) is 13.2 Å². The van der Waals surface area contributed by atoms with Crippen LogP contribution in [0.15, 0.2) is 50.1 Å². The van der Waals surface area contributed by atoms with E-state index < -0.39 is 11.4 Å². The average molecular weight is 580 g/mol. The van der Waals surface area contributed by atoms with Gasteiger partial charge in [0.15, 0.2) is 22.5 Å². The predicted molar refractivity (Wildman–Crippen MR) is 141 cm³/mol. The van der Waals surface area contributed by atoms with Crippen molar-refractivity contribution in [2.45, 2.75) is 45.1 Å². The third kappa shape index (κ3) is 5.26. The van der Waals surface area contributed by atoms with Crippen LogP contribution in [0.4, 0.5) is 0 Å². The van der Waals surface area contributed by atoms with Crippen LogP contribution in [0.25, 0.3) is 22.3 Å². The van der Waals surface area contributed by atoms with Crippen LogP contribution in [0.3, 0.4) is 0 Å². The van der Waals surface area contributed by atoms with E-state index in [1.807, 2.05) is 0 Å². The number of halogens is 2. The minimum absolute atomic E-state index is 0.0881. The zero-order chi connectivity index (χ0) is 25.9. The van der Waals surface area contributed by atoms with Gasteiger partial charge in [0.1, 0.15) is 12.4 Å². The summed E-state index contributed by atoms with van der Waals surface area (Å²) in [5.74, 6) is 0.403. The number of benzene rings is 2. The van der Waals surface area contributed by atoms with Crippen molar-refractivity contribution < 1.29 is 28.5 Å². The van der Waals surface area contributed by atoms with E-state index in [1.54, 1.807) is 30.3 Å². The highest BCUT2D eigenvalue weighted by atomic mass is 79.9. The Morgan fingerprint density at radius 2 is 2.00 bits per heavy atom. The quantitative estimate of drug-likeness (QED) is 0.252. The molecule has 0 radical (unpaired) electrons. The van der Waals surface area contributed by atoms with Gasteiger partial charge in [-0.25, -0.2) is 0 Å². The number of carboxylic acid groups (broad SMARTS) is 1. The molecule has 1 heterocycles. The largest absolute Gasteiger partial charge is 0.492 e. The number of rotatable bonds is 11. The first-order chi connectivity index (χ1) is 17.3. The molecule has 0 bridgehead atoms. The van der Waals surface area contributed by atoms with Crippen molar-refractivity contribution in [3.63, 3.8) is 0 Å².